The van der Waals surface area contributed by atoms with E-state index in [2.05, 4.69) is 10.3 Å². The lowest BCUT2D eigenvalue weighted by Crippen LogP contribution is -2.32. The van der Waals surface area contributed by atoms with Gasteiger partial charge in [0.1, 0.15) is 12.4 Å². The van der Waals surface area contributed by atoms with Crippen molar-refractivity contribution in [2.24, 2.45) is 0 Å². The third kappa shape index (κ3) is 3.87. The first-order chi connectivity index (χ1) is 13.6. The maximum absolute atomic E-state index is 12.7. The molecule has 0 saturated carbocycles. The first-order valence-corrected chi connectivity index (χ1v) is 10.1. The van der Waals surface area contributed by atoms with Gasteiger partial charge in [-0.05, 0) is 50.5 Å². The number of aromatic nitrogens is 2. The fraction of sp³-hybridized carbons (Fsp3) is 0.227. The van der Waals surface area contributed by atoms with Gasteiger partial charge in [-0.1, -0.05) is 42.1 Å². The zero-order valence-corrected chi connectivity index (χ0v) is 16.5. The molecule has 1 aliphatic carbocycles. The highest BCUT2D eigenvalue weighted by molar-refractivity contribution is 7.99. The van der Waals surface area contributed by atoms with Crippen molar-refractivity contribution in [3.8, 4) is 0 Å². The lowest BCUT2D eigenvalue weighted by molar-refractivity contribution is -0.116. The first kappa shape index (κ1) is 18.5. The number of hydrogen-bond acceptors (Lipinski definition) is 4. The highest BCUT2D eigenvalue weighted by Gasteiger charge is 2.20. The molecule has 0 unspecified atom stereocenters. The number of benzene rings is 2. The number of aryl methyl sites for hydroxylation is 2. The molecule has 0 saturated heterocycles. The molecule has 28 heavy (non-hydrogen) atoms. The molecule has 0 spiro atoms. The van der Waals surface area contributed by atoms with E-state index in [1.54, 1.807) is 18.7 Å². The summed E-state index contributed by atoms with van der Waals surface area (Å²) < 4.78 is 1.48. The highest BCUT2D eigenvalue weighted by Crippen LogP contribution is 2.33. The molecule has 2 aromatic carbocycles. The number of nitrogens with one attached hydrogen (secondary N) is 1. The predicted molar refractivity (Wildman–Crippen MR) is 111 cm³/mol. The van der Waals surface area contributed by atoms with Crippen LogP contribution in [-0.4, -0.2) is 15.5 Å². The number of hydrogen-bond donors (Lipinski definition) is 1. The molecule has 0 bridgehead atoms. The lowest BCUT2D eigenvalue weighted by Gasteiger charge is -2.14. The zero-order chi connectivity index (χ0) is 19.5. The normalized spacial score (nSPS) is 12.6. The van der Waals surface area contributed by atoms with Crippen molar-refractivity contribution >= 4 is 23.4 Å². The van der Waals surface area contributed by atoms with Crippen molar-refractivity contribution in [2.45, 2.75) is 42.5 Å². The van der Waals surface area contributed by atoms with Gasteiger partial charge in [0, 0.05) is 15.4 Å². The van der Waals surface area contributed by atoms with E-state index in [9.17, 15) is 9.59 Å². The van der Waals surface area contributed by atoms with Crippen LogP contribution in [-0.2, 0) is 24.2 Å². The minimum atomic E-state index is -0.231. The molecule has 0 atom stereocenters. The molecule has 1 aromatic heterocycles. The number of carbonyl (C=O) groups is 1. The summed E-state index contributed by atoms with van der Waals surface area (Å²) in [5.74, 6) is 0.360. The van der Waals surface area contributed by atoms with E-state index in [4.69, 9.17) is 0 Å². The number of para-hydroxylation sites is 1. The summed E-state index contributed by atoms with van der Waals surface area (Å²) in [4.78, 5) is 32.0. The van der Waals surface area contributed by atoms with Crippen molar-refractivity contribution in [3.05, 3.63) is 82.0 Å². The molecular weight excluding hydrogens is 370 g/mol. The van der Waals surface area contributed by atoms with Crippen LogP contribution in [0.3, 0.4) is 0 Å². The zero-order valence-electron chi connectivity index (χ0n) is 15.6. The number of fused-ring (bicyclic) bond motifs is 1. The predicted octanol–water partition coefficient (Wildman–Crippen LogP) is 3.83. The summed E-state index contributed by atoms with van der Waals surface area (Å²) in [6.45, 7) is 1.75. The van der Waals surface area contributed by atoms with Gasteiger partial charge in [-0.3, -0.25) is 14.2 Å². The van der Waals surface area contributed by atoms with Gasteiger partial charge in [-0.15, -0.1) is 0 Å². The first-order valence-electron chi connectivity index (χ1n) is 9.33. The Morgan fingerprint density at radius 3 is 2.68 bits per heavy atom. The van der Waals surface area contributed by atoms with Crippen molar-refractivity contribution in [2.75, 3.05) is 5.32 Å². The van der Waals surface area contributed by atoms with Crippen LogP contribution < -0.4 is 10.9 Å². The quantitative estimate of drug-likeness (QED) is 0.718. The molecule has 0 aliphatic heterocycles. The van der Waals surface area contributed by atoms with Crippen molar-refractivity contribution in [3.63, 3.8) is 0 Å². The van der Waals surface area contributed by atoms with Crippen LogP contribution in [0.25, 0.3) is 0 Å². The van der Waals surface area contributed by atoms with Gasteiger partial charge in [0.25, 0.3) is 5.56 Å². The topological polar surface area (TPSA) is 64.0 Å². The summed E-state index contributed by atoms with van der Waals surface area (Å²) in [7, 11) is 0. The molecule has 1 heterocycles. The van der Waals surface area contributed by atoms with Gasteiger partial charge in [-0.25, -0.2) is 4.98 Å². The van der Waals surface area contributed by atoms with E-state index in [0.29, 0.717) is 5.82 Å². The number of rotatable bonds is 5. The van der Waals surface area contributed by atoms with Gasteiger partial charge in [0.15, 0.2) is 0 Å². The molecule has 4 rings (SSSR count). The molecular formula is C22H21N3O2S. The number of carbonyl (C=O) groups excluding carboxylic acids is 1. The Balaban J connectivity index is 1.53. The molecule has 6 heteroatoms. The summed E-state index contributed by atoms with van der Waals surface area (Å²) in [6.07, 6.45) is 2.56. The van der Waals surface area contributed by atoms with Gasteiger partial charge in [0.05, 0.1) is 11.4 Å². The summed E-state index contributed by atoms with van der Waals surface area (Å²) in [5, 5.41) is 2.95. The lowest BCUT2D eigenvalue weighted by atomic mass is 10.2. The molecule has 3 aromatic rings. The molecule has 142 valence electrons. The standard InChI is InChI=1S/C22H21N3O2S/c1-15-23-18-12-7-10-17(18)22(27)25(15)14-21(26)24-19-11-5-6-13-20(19)28-16-8-3-2-4-9-16/h2-6,8-9,11,13H,7,10,12,14H2,1H3,(H,24,26). The van der Waals surface area contributed by atoms with Crippen molar-refractivity contribution < 1.29 is 4.79 Å². The highest BCUT2D eigenvalue weighted by atomic mass is 32.2. The van der Waals surface area contributed by atoms with Crippen LogP contribution in [0.1, 0.15) is 23.5 Å². The summed E-state index contributed by atoms with van der Waals surface area (Å²) in [5.41, 5.74) is 2.31. The second-order valence-electron chi connectivity index (χ2n) is 6.79. The number of amides is 1. The van der Waals surface area contributed by atoms with Crippen LogP contribution in [0.5, 0.6) is 0 Å². The van der Waals surface area contributed by atoms with E-state index in [1.807, 2.05) is 54.6 Å². The van der Waals surface area contributed by atoms with Crippen LogP contribution in [0.15, 0.2) is 69.2 Å². The number of anilines is 1. The third-order valence-electron chi connectivity index (χ3n) is 4.81. The molecule has 5 nitrogen and oxygen atoms in total. The van der Waals surface area contributed by atoms with E-state index < -0.39 is 0 Å². The molecule has 0 radical (unpaired) electrons. The maximum atomic E-state index is 12.7. The van der Waals surface area contributed by atoms with Gasteiger partial charge in [0.2, 0.25) is 5.91 Å². The Morgan fingerprint density at radius 1 is 1.11 bits per heavy atom. The van der Waals surface area contributed by atoms with E-state index in [1.165, 1.54) is 4.57 Å². The van der Waals surface area contributed by atoms with Crippen LogP contribution >= 0.6 is 11.8 Å². The van der Waals surface area contributed by atoms with Gasteiger partial charge >= 0.3 is 0 Å². The Labute approximate surface area is 167 Å². The minimum Gasteiger partial charge on any atom is -0.323 e. The smallest absolute Gasteiger partial charge is 0.257 e. The summed E-state index contributed by atoms with van der Waals surface area (Å²) >= 11 is 1.59. The monoisotopic (exact) mass is 391 g/mol. The third-order valence-corrected chi connectivity index (χ3v) is 5.90. The largest absolute Gasteiger partial charge is 0.323 e. The molecule has 1 amide bonds. The SMILES string of the molecule is Cc1nc2c(c(=O)n1CC(=O)Nc1ccccc1Sc1ccccc1)CCC2. The van der Waals surface area contributed by atoms with E-state index >= 15 is 0 Å². The van der Waals surface area contributed by atoms with Gasteiger partial charge < -0.3 is 5.32 Å². The Morgan fingerprint density at radius 2 is 1.86 bits per heavy atom. The van der Waals surface area contributed by atoms with Crippen molar-refractivity contribution in [1.82, 2.24) is 9.55 Å². The summed E-state index contributed by atoms with van der Waals surface area (Å²) in [6, 6.07) is 17.7. The van der Waals surface area contributed by atoms with E-state index in [0.717, 1.165) is 46.0 Å². The van der Waals surface area contributed by atoms with Crippen molar-refractivity contribution in [1.29, 1.82) is 0 Å². The average Bonchev–Trinajstić information content (AvgIpc) is 3.16. The van der Waals surface area contributed by atoms with Gasteiger partial charge in [-0.2, -0.15) is 0 Å². The fourth-order valence-corrected chi connectivity index (χ4v) is 4.36. The molecule has 1 N–H and O–H groups in total. The second-order valence-corrected chi connectivity index (χ2v) is 7.90. The number of nitrogens with zero attached hydrogens (tertiary/aromatic N) is 2. The van der Waals surface area contributed by atoms with Crippen LogP contribution in [0.2, 0.25) is 0 Å². The van der Waals surface area contributed by atoms with E-state index in [-0.39, 0.29) is 18.0 Å². The Hall–Kier alpha value is -2.86. The Bertz CT molecular complexity index is 1080. The Kier molecular flexibility index (Phi) is 5.30. The average molecular weight is 391 g/mol. The maximum Gasteiger partial charge on any atom is 0.257 e. The minimum absolute atomic E-state index is 0.0325. The fourth-order valence-electron chi connectivity index (χ4n) is 3.44. The van der Waals surface area contributed by atoms with Crippen LogP contribution in [0, 0.1) is 6.92 Å². The van der Waals surface area contributed by atoms with Crippen LogP contribution in [0.4, 0.5) is 5.69 Å². The molecule has 1 aliphatic rings. The second kappa shape index (κ2) is 8.02. The molecule has 0 fully saturated rings.